The third-order valence-corrected chi connectivity index (χ3v) is 15.7. The molecule has 0 aliphatic carbocycles. The van der Waals surface area contributed by atoms with Crippen molar-refractivity contribution in [3.8, 4) is 5.88 Å². The van der Waals surface area contributed by atoms with Gasteiger partial charge in [0.15, 0.2) is 11.7 Å². The number of unbranched alkanes of at least 4 members (excludes halogenated alkanes) is 1. The molecule has 4 saturated heterocycles. The van der Waals surface area contributed by atoms with Gasteiger partial charge in [-0.05, 0) is 158 Å². The predicted molar refractivity (Wildman–Crippen MR) is 325 cm³/mol. The van der Waals surface area contributed by atoms with Crippen molar-refractivity contribution in [2.75, 3.05) is 97.0 Å². The molecule has 0 saturated carbocycles. The number of imide groups is 1. The molecule has 2 aromatic heterocycles. The first-order chi connectivity index (χ1) is 38.4. The molecule has 7 heterocycles. The highest BCUT2D eigenvalue weighted by Gasteiger charge is 2.32. The maximum absolute atomic E-state index is 15.7. The Balaban J connectivity index is 0.000000933. The van der Waals surface area contributed by atoms with Crippen LogP contribution >= 0.6 is 0 Å². The van der Waals surface area contributed by atoms with Gasteiger partial charge < -0.3 is 34.4 Å². The Morgan fingerprint density at radius 1 is 0.850 bits per heavy atom. The molecule has 5 aliphatic heterocycles. The number of piperazine rings is 1. The van der Waals surface area contributed by atoms with E-state index in [2.05, 4.69) is 140 Å². The molecule has 15 heteroatoms. The van der Waals surface area contributed by atoms with Gasteiger partial charge in [-0.15, -0.1) is 0 Å². The van der Waals surface area contributed by atoms with Gasteiger partial charge in [-0.2, -0.15) is 0 Å². The SMILES string of the molecule is C/C=C1/CCN(c2cnc3c(c2C)N(/C(=C\CC)OC(C)(C)C)CCO3)C/C1=C/C(=C/CC)Nc1ccc(N2CCC(CN3CCN(c4cc(/C(C)=C/CCC)c(C(=O)CCC)cc4F)CC3)CC2)nc1.CC1CCC(=O)NC1=O. The van der Waals surface area contributed by atoms with Crippen molar-refractivity contribution in [1.29, 1.82) is 0 Å². The summed E-state index contributed by atoms with van der Waals surface area (Å²) in [6, 6.07) is 7.75. The zero-order chi connectivity index (χ0) is 57.5. The minimum atomic E-state index is -0.335. The van der Waals surface area contributed by atoms with Crippen LogP contribution in [-0.4, -0.2) is 110 Å². The number of carbonyl (C=O) groups is 3. The summed E-state index contributed by atoms with van der Waals surface area (Å²) in [6.45, 7) is 32.2. The lowest BCUT2D eigenvalue weighted by Gasteiger charge is -2.40. The molecule has 80 heavy (non-hydrogen) atoms. The molecule has 0 spiro atoms. The quantitative estimate of drug-likeness (QED) is 0.0711. The van der Waals surface area contributed by atoms with E-state index in [0.29, 0.717) is 55.5 Å². The molecule has 1 atom stereocenters. The van der Waals surface area contributed by atoms with Crippen molar-refractivity contribution in [2.24, 2.45) is 11.8 Å². The van der Waals surface area contributed by atoms with Crippen LogP contribution in [0.1, 0.15) is 161 Å². The first kappa shape index (κ1) is 61.1. The van der Waals surface area contributed by atoms with Crippen molar-refractivity contribution in [1.82, 2.24) is 20.2 Å². The summed E-state index contributed by atoms with van der Waals surface area (Å²) in [6.07, 6.45) is 24.4. The van der Waals surface area contributed by atoms with Crippen LogP contribution in [0.2, 0.25) is 0 Å². The molecule has 4 fully saturated rings. The number of ether oxygens (including phenoxy) is 2. The average Bonchev–Trinajstić information content (AvgIpc) is 3.46. The van der Waals surface area contributed by atoms with Gasteiger partial charge in [0.05, 0.1) is 36.0 Å². The minimum absolute atomic E-state index is 0.0164. The summed E-state index contributed by atoms with van der Waals surface area (Å²) in [5, 5.41) is 5.96. The number of halogens is 1. The third-order valence-electron chi connectivity index (χ3n) is 15.7. The second kappa shape index (κ2) is 28.8. The normalized spacial score (nSPS) is 20.1. The average molecular weight is 1100 g/mol. The third kappa shape index (κ3) is 16.1. The Hall–Kier alpha value is -6.48. The summed E-state index contributed by atoms with van der Waals surface area (Å²) >= 11 is 0. The van der Waals surface area contributed by atoms with Crippen LogP contribution in [0.15, 0.2) is 89.8 Å². The van der Waals surface area contributed by atoms with E-state index in [-0.39, 0.29) is 34.9 Å². The molecular formula is C65H92FN9O5. The van der Waals surface area contributed by atoms with Gasteiger partial charge in [0.1, 0.15) is 29.5 Å². The molecule has 3 aromatic rings. The fourth-order valence-electron chi connectivity index (χ4n) is 11.3. The van der Waals surface area contributed by atoms with Gasteiger partial charge in [-0.1, -0.05) is 59.3 Å². The summed E-state index contributed by atoms with van der Waals surface area (Å²) < 4.78 is 28.4. The topological polar surface area (TPSA) is 136 Å². The van der Waals surface area contributed by atoms with Gasteiger partial charge in [0.2, 0.25) is 17.7 Å². The summed E-state index contributed by atoms with van der Waals surface area (Å²) in [4.78, 5) is 55.9. The van der Waals surface area contributed by atoms with Crippen molar-refractivity contribution in [2.45, 2.75) is 152 Å². The summed E-state index contributed by atoms with van der Waals surface area (Å²) in [7, 11) is 0. The number of allylic oxidation sites excluding steroid dienone is 6. The highest BCUT2D eigenvalue weighted by atomic mass is 19.1. The highest BCUT2D eigenvalue weighted by Crippen LogP contribution is 2.42. The lowest BCUT2D eigenvalue weighted by atomic mass is 9.93. The number of carbonyl (C=O) groups excluding carboxylic acids is 3. The molecule has 0 bridgehead atoms. The fraction of sp³-hybridized carbons (Fsp3) is 0.554. The molecule has 2 N–H and O–H groups in total. The van der Waals surface area contributed by atoms with Gasteiger partial charge >= 0.3 is 0 Å². The first-order valence-corrected chi connectivity index (χ1v) is 29.9. The fourth-order valence-corrected chi connectivity index (χ4v) is 11.3. The zero-order valence-corrected chi connectivity index (χ0v) is 50.1. The number of hydrogen-bond acceptors (Lipinski definition) is 13. The van der Waals surface area contributed by atoms with E-state index in [1.54, 1.807) is 0 Å². The van der Waals surface area contributed by atoms with Crippen LogP contribution in [0.5, 0.6) is 5.88 Å². The molecule has 1 aromatic carbocycles. The maximum atomic E-state index is 15.7. The smallest absolute Gasteiger partial charge is 0.238 e. The Bertz CT molecular complexity index is 2780. The Morgan fingerprint density at radius 3 is 2.24 bits per heavy atom. The Kier molecular flexibility index (Phi) is 22.0. The number of aromatic nitrogens is 2. The van der Waals surface area contributed by atoms with E-state index in [1.165, 1.54) is 17.2 Å². The van der Waals surface area contributed by atoms with Crippen molar-refractivity contribution >= 4 is 51.7 Å². The van der Waals surface area contributed by atoms with E-state index in [4.69, 9.17) is 19.4 Å². The molecule has 14 nitrogen and oxygen atoms in total. The number of nitrogens with one attached hydrogen (secondary N) is 2. The number of amides is 2. The molecular weight excluding hydrogens is 1010 g/mol. The number of Topliss-reactive ketones (excluding diaryl/α,β-unsaturated/α-hetero) is 1. The number of piperidine rings is 3. The number of hydrogen-bond donors (Lipinski definition) is 2. The summed E-state index contributed by atoms with van der Waals surface area (Å²) in [5.74, 6) is 2.62. The van der Waals surface area contributed by atoms with Crippen LogP contribution in [0.25, 0.3) is 5.57 Å². The van der Waals surface area contributed by atoms with Crippen molar-refractivity contribution in [3.05, 3.63) is 112 Å². The van der Waals surface area contributed by atoms with Gasteiger partial charge in [-0.3, -0.25) is 24.6 Å². The van der Waals surface area contributed by atoms with Crippen LogP contribution in [0, 0.1) is 24.6 Å². The Morgan fingerprint density at radius 2 is 1.60 bits per heavy atom. The molecule has 2 amide bonds. The van der Waals surface area contributed by atoms with Crippen LogP contribution in [-0.2, 0) is 14.3 Å². The van der Waals surface area contributed by atoms with Gasteiger partial charge in [0, 0.05) is 94.5 Å². The monoisotopic (exact) mass is 1100 g/mol. The number of fused-ring (bicyclic) bond motifs is 1. The molecule has 8 rings (SSSR count). The van der Waals surface area contributed by atoms with E-state index in [9.17, 15) is 14.4 Å². The highest BCUT2D eigenvalue weighted by molar-refractivity contribution is 6.01. The number of benzene rings is 1. The van der Waals surface area contributed by atoms with Crippen LogP contribution in [0.3, 0.4) is 0 Å². The largest absolute Gasteiger partial charge is 0.474 e. The number of pyridine rings is 2. The number of rotatable bonds is 18. The first-order valence-electron chi connectivity index (χ1n) is 29.9. The van der Waals surface area contributed by atoms with E-state index < -0.39 is 0 Å². The lowest BCUT2D eigenvalue weighted by Crippen LogP contribution is -2.49. The van der Waals surface area contributed by atoms with Gasteiger partial charge in [0.25, 0.3) is 0 Å². The maximum Gasteiger partial charge on any atom is 0.238 e. The second-order valence-corrected chi connectivity index (χ2v) is 23.1. The Labute approximate surface area is 477 Å². The summed E-state index contributed by atoms with van der Waals surface area (Å²) in [5.41, 5.74) is 10.7. The minimum Gasteiger partial charge on any atom is -0.474 e. The standard InChI is InChI=1S/C59H83FN8O3.C6H9NO2/c1-11-16-20-42(6)49-37-52(51(60)36-50(49)54(69)18-13-3)65-31-29-64(30-32-65)40-44-23-26-66(27-24-44)55-22-21-48(38-61-55)63-47(17-12-2)35-46-41-67(28-25-45(46)15-5)53-39-62-58-57(43(53)7)68(33-34-70-58)56(19-14-4)71-59(8,9)10;1-4-2-3-5(8)7-6(4)9/h15,17,19-22,35-39,44,63H,11-14,16,18,23-34,40-41H2,1-10H3;4H,2-3H2,1H3,(H,7,8,9)/b42-20+,45-15-,46-35-,47-17-,56-19+;. The van der Waals surface area contributed by atoms with E-state index in [0.717, 1.165) is 161 Å². The van der Waals surface area contributed by atoms with Crippen LogP contribution in [0.4, 0.5) is 33.0 Å². The van der Waals surface area contributed by atoms with E-state index in [1.807, 2.05) is 32.3 Å². The lowest BCUT2D eigenvalue weighted by molar-refractivity contribution is -0.135. The van der Waals surface area contributed by atoms with Crippen molar-refractivity contribution in [3.63, 3.8) is 0 Å². The second-order valence-electron chi connectivity index (χ2n) is 23.1. The molecule has 1 unspecified atom stereocenters. The number of anilines is 5. The van der Waals surface area contributed by atoms with Crippen LogP contribution < -0.4 is 35.0 Å². The molecule has 5 aliphatic rings. The van der Waals surface area contributed by atoms with E-state index >= 15 is 4.39 Å². The zero-order valence-electron chi connectivity index (χ0n) is 50.1. The number of ketones is 1. The molecule has 434 valence electrons. The van der Waals surface area contributed by atoms with Gasteiger partial charge in [-0.25, -0.2) is 14.4 Å². The molecule has 0 radical (unpaired) electrons. The number of nitrogens with zero attached hydrogens (tertiary/aromatic N) is 7. The van der Waals surface area contributed by atoms with Crippen molar-refractivity contribution < 1.29 is 28.2 Å². The predicted octanol–water partition coefficient (Wildman–Crippen LogP) is 13.0.